The highest BCUT2D eigenvalue weighted by Crippen LogP contribution is 2.33. The van der Waals surface area contributed by atoms with Gasteiger partial charge in [-0.15, -0.1) is 0 Å². The summed E-state index contributed by atoms with van der Waals surface area (Å²) >= 11 is 0. The van der Waals surface area contributed by atoms with E-state index in [1.807, 2.05) is 0 Å². The predicted molar refractivity (Wildman–Crippen MR) is 95.2 cm³/mol. The van der Waals surface area contributed by atoms with Gasteiger partial charge in [-0.25, -0.2) is 9.97 Å². The van der Waals surface area contributed by atoms with E-state index < -0.39 is 0 Å². The van der Waals surface area contributed by atoms with Gasteiger partial charge in [-0.3, -0.25) is 0 Å². The first-order chi connectivity index (χ1) is 11.0. The van der Waals surface area contributed by atoms with Crippen molar-refractivity contribution in [3.05, 3.63) is 17.1 Å². The molecule has 0 amide bonds. The Hall–Kier alpha value is -1.20. The Morgan fingerprint density at radius 1 is 1.04 bits per heavy atom. The Kier molecular flexibility index (Phi) is 5.17. The van der Waals surface area contributed by atoms with Gasteiger partial charge in [0.1, 0.15) is 11.6 Å². The largest absolute Gasteiger partial charge is 0.358 e. The van der Waals surface area contributed by atoms with Crippen molar-refractivity contribution < 1.29 is 0 Å². The smallest absolute Gasteiger partial charge is 0.135 e. The lowest BCUT2D eigenvalue weighted by Crippen LogP contribution is -2.30. The number of aromatic nitrogens is 2. The van der Waals surface area contributed by atoms with Gasteiger partial charge in [0.05, 0.1) is 5.69 Å². The summed E-state index contributed by atoms with van der Waals surface area (Å²) in [6, 6.07) is 0. The summed E-state index contributed by atoms with van der Waals surface area (Å²) in [4.78, 5) is 16.9. The number of hydrogen-bond acceptors (Lipinski definition) is 5. The molecule has 128 valence electrons. The van der Waals surface area contributed by atoms with Crippen LogP contribution in [0.4, 0.5) is 5.82 Å². The number of nitrogens with zero attached hydrogens (tertiary/aromatic N) is 5. The minimum absolute atomic E-state index is 0.835. The summed E-state index contributed by atoms with van der Waals surface area (Å²) < 4.78 is 0. The van der Waals surface area contributed by atoms with E-state index in [-0.39, 0.29) is 0 Å². The fraction of sp³-hybridized carbons (Fsp3) is 0.778. The Bertz CT molecular complexity index is 538. The molecule has 0 saturated heterocycles. The summed E-state index contributed by atoms with van der Waals surface area (Å²) in [5.41, 5.74) is 2.68. The average molecular weight is 317 g/mol. The number of anilines is 1. The van der Waals surface area contributed by atoms with E-state index in [9.17, 15) is 0 Å². The van der Waals surface area contributed by atoms with Gasteiger partial charge in [-0.05, 0) is 46.3 Å². The molecule has 0 radical (unpaired) electrons. The molecule has 3 rings (SSSR count). The second-order valence-corrected chi connectivity index (χ2v) is 7.56. The molecule has 1 aromatic rings. The summed E-state index contributed by atoms with van der Waals surface area (Å²) in [5.74, 6) is 3.09. The van der Waals surface area contributed by atoms with E-state index in [2.05, 4.69) is 42.9 Å². The normalized spacial score (nSPS) is 18.8. The average Bonchev–Trinajstić information content (AvgIpc) is 3.33. The highest BCUT2D eigenvalue weighted by Gasteiger charge is 2.26. The van der Waals surface area contributed by atoms with Crippen LogP contribution in [0.15, 0.2) is 0 Å². The second kappa shape index (κ2) is 7.14. The summed E-state index contributed by atoms with van der Waals surface area (Å²) in [5, 5.41) is 0. The number of likely N-dealkylation sites (N-methyl/N-ethyl adjacent to an activating group) is 3. The topological polar surface area (TPSA) is 35.5 Å². The second-order valence-electron chi connectivity index (χ2n) is 7.56. The summed E-state index contributed by atoms with van der Waals surface area (Å²) in [6.07, 6.45) is 5.90. The molecule has 0 bridgehead atoms. The Labute approximate surface area is 140 Å². The molecule has 0 aromatic carbocycles. The fourth-order valence-corrected chi connectivity index (χ4v) is 3.18. The number of fused-ring (bicyclic) bond motifs is 1. The quantitative estimate of drug-likeness (QED) is 0.794. The van der Waals surface area contributed by atoms with Crippen LogP contribution in [0.3, 0.4) is 0 Å². The molecule has 1 fully saturated rings. The Morgan fingerprint density at radius 3 is 2.48 bits per heavy atom. The molecule has 5 heteroatoms. The van der Waals surface area contributed by atoms with Gasteiger partial charge in [0.2, 0.25) is 0 Å². The van der Waals surface area contributed by atoms with Crippen molar-refractivity contribution in [2.75, 3.05) is 59.3 Å². The van der Waals surface area contributed by atoms with Crippen molar-refractivity contribution in [3.63, 3.8) is 0 Å². The molecule has 1 aliphatic heterocycles. The van der Waals surface area contributed by atoms with Crippen LogP contribution in [-0.2, 0) is 19.3 Å². The first-order valence-electron chi connectivity index (χ1n) is 8.96. The van der Waals surface area contributed by atoms with Crippen molar-refractivity contribution in [2.24, 2.45) is 5.92 Å². The lowest BCUT2D eigenvalue weighted by atomic mass is 10.1. The standard InChI is InChI=1S/C18H31N5/c1-21(2)11-12-23(4)18-15-7-9-22(3)10-8-16(15)19-17(20-18)13-14-5-6-14/h14H,5-13H2,1-4H3. The zero-order valence-electron chi connectivity index (χ0n) is 15.2. The lowest BCUT2D eigenvalue weighted by molar-refractivity contribution is 0.352. The van der Waals surface area contributed by atoms with Gasteiger partial charge in [0.15, 0.2) is 0 Å². The number of rotatable bonds is 6. The van der Waals surface area contributed by atoms with E-state index in [0.717, 1.165) is 57.2 Å². The van der Waals surface area contributed by atoms with Crippen molar-refractivity contribution in [1.82, 2.24) is 19.8 Å². The van der Waals surface area contributed by atoms with Crippen molar-refractivity contribution in [1.29, 1.82) is 0 Å². The van der Waals surface area contributed by atoms with Crippen molar-refractivity contribution >= 4 is 5.82 Å². The van der Waals surface area contributed by atoms with E-state index in [1.165, 1.54) is 29.9 Å². The molecule has 5 nitrogen and oxygen atoms in total. The van der Waals surface area contributed by atoms with Gasteiger partial charge < -0.3 is 14.7 Å². The van der Waals surface area contributed by atoms with Gasteiger partial charge in [-0.2, -0.15) is 0 Å². The molecular formula is C18H31N5. The van der Waals surface area contributed by atoms with Crippen molar-refractivity contribution in [2.45, 2.75) is 32.1 Å². The molecule has 2 heterocycles. The molecule has 23 heavy (non-hydrogen) atoms. The molecule has 0 unspecified atom stereocenters. The third kappa shape index (κ3) is 4.42. The summed E-state index contributed by atoms with van der Waals surface area (Å²) in [6.45, 7) is 4.27. The monoisotopic (exact) mass is 317 g/mol. The van der Waals surface area contributed by atoms with Crippen LogP contribution >= 0.6 is 0 Å². The first-order valence-corrected chi connectivity index (χ1v) is 8.96. The zero-order valence-corrected chi connectivity index (χ0v) is 15.2. The number of hydrogen-bond donors (Lipinski definition) is 0. The van der Waals surface area contributed by atoms with E-state index in [1.54, 1.807) is 0 Å². The molecule has 0 spiro atoms. The van der Waals surface area contributed by atoms with Crippen LogP contribution in [0, 0.1) is 5.92 Å². The van der Waals surface area contributed by atoms with Gasteiger partial charge in [0, 0.05) is 51.6 Å². The van der Waals surface area contributed by atoms with Crippen LogP contribution in [0.5, 0.6) is 0 Å². The maximum Gasteiger partial charge on any atom is 0.135 e. The molecule has 1 aromatic heterocycles. The van der Waals surface area contributed by atoms with Crippen LogP contribution in [0.1, 0.15) is 29.9 Å². The van der Waals surface area contributed by atoms with E-state index >= 15 is 0 Å². The predicted octanol–water partition coefficient (Wildman–Crippen LogP) is 1.46. The van der Waals surface area contributed by atoms with Crippen molar-refractivity contribution in [3.8, 4) is 0 Å². The van der Waals surface area contributed by atoms with Crippen LogP contribution < -0.4 is 4.90 Å². The first kappa shape index (κ1) is 16.7. The third-order valence-electron chi connectivity index (χ3n) is 5.00. The molecule has 1 aliphatic carbocycles. The molecule has 0 atom stereocenters. The zero-order chi connectivity index (χ0) is 16.4. The molecule has 0 N–H and O–H groups in total. The molecular weight excluding hydrogens is 286 g/mol. The van der Waals surface area contributed by atoms with Gasteiger partial charge in [-0.1, -0.05) is 0 Å². The Balaban J connectivity index is 1.87. The van der Waals surface area contributed by atoms with Gasteiger partial charge >= 0.3 is 0 Å². The maximum atomic E-state index is 4.99. The maximum absolute atomic E-state index is 4.99. The Morgan fingerprint density at radius 2 is 1.78 bits per heavy atom. The summed E-state index contributed by atoms with van der Waals surface area (Å²) in [7, 11) is 8.64. The van der Waals surface area contributed by atoms with Crippen LogP contribution in [0.25, 0.3) is 0 Å². The van der Waals surface area contributed by atoms with E-state index in [4.69, 9.17) is 9.97 Å². The lowest BCUT2D eigenvalue weighted by Gasteiger charge is -2.24. The minimum atomic E-state index is 0.835. The third-order valence-corrected chi connectivity index (χ3v) is 5.00. The van der Waals surface area contributed by atoms with Gasteiger partial charge in [0.25, 0.3) is 0 Å². The van der Waals surface area contributed by atoms with Crippen LogP contribution in [0.2, 0.25) is 0 Å². The van der Waals surface area contributed by atoms with Crippen LogP contribution in [-0.4, -0.2) is 74.1 Å². The fourth-order valence-electron chi connectivity index (χ4n) is 3.18. The molecule has 1 saturated carbocycles. The highest BCUT2D eigenvalue weighted by molar-refractivity contribution is 5.49. The minimum Gasteiger partial charge on any atom is -0.358 e. The van der Waals surface area contributed by atoms with E-state index in [0.29, 0.717) is 0 Å². The SMILES string of the molecule is CN(C)CCN(C)c1nc(CC2CC2)nc2c1CCN(C)CC2. The highest BCUT2D eigenvalue weighted by atomic mass is 15.2. The molecule has 2 aliphatic rings.